The number of rotatable bonds is 8. The van der Waals surface area contributed by atoms with Crippen LogP contribution in [0.1, 0.15) is 37.0 Å². The fourth-order valence-corrected chi connectivity index (χ4v) is 2.56. The Morgan fingerprint density at radius 3 is 2.54 bits per heavy atom. The highest BCUT2D eigenvalue weighted by molar-refractivity contribution is 6.32. The van der Waals surface area contributed by atoms with Crippen LogP contribution in [0.4, 0.5) is 0 Å². The van der Waals surface area contributed by atoms with Crippen LogP contribution in [0.3, 0.4) is 0 Å². The van der Waals surface area contributed by atoms with E-state index in [0.717, 1.165) is 12.8 Å². The molecule has 0 bridgehead atoms. The van der Waals surface area contributed by atoms with E-state index in [2.05, 4.69) is 0 Å². The Hall–Kier alpha value is -1.95. The molecule has 2 rings (SSSR count). The molecule has 1 aliphatic carbocycles. The summed E-state index contributed by atoms with van der Waals surface area (Å²) in [4.78, 5) is 25.0. The van der Waals surface area contributed by atoms with Gasteiger partial charge in [-0.3, -0.25) is 9.59 Å². The second-order valence-electron chi connectivity index (χ2n) is 6.25. The van der Waals surface area contributed by atoms with Gasteiger partial charge in [0.2, 0.25) is 0 Å². The summed E-state index contributed by atoms with van der Waals surface area (Å²) in [6, 6.07) is 3.02. The van der Waals surface area contributed by atoms with Crippen molar-refractivity contribution in [1.29, 1.82) is 0 Å². The van der Waals surface area contributed by atoms with E-state index in [1.165, 1.54) is 18.1 Å². The number of hydrogen-bond acceptors (Lipinski definition) is 4. The highest BCUT2D eigenvalue weighted by Gasteiger charge is 2.35. The molecule has 24 heavy (non-hydrogen) atoms. The molecule has 0 heterocycles. The zero-order chi connectivity index (χ0) is 17.9. The zero-order valence-electron chi connectivity index (χ0n) is 14.0. The largest absolute Gasteiger partial charge is 0.493 e. The number of carboxylic acid groups (broad SMARTS) is 1. The van der Waals surface area contributed by atoms with Crippen molar-refractivity contribution in [3.63, 3.8) is 0 Å². The quantitative estimate of drug-likeness (QED) is 0.775. The van der Waals surface area contributed by atoms with Gasteiger partial charge in [-0.1, -0.05) is 25.4 Å². The number of methoxy groups -OCH3 is 1. The average Bonchev–Trinajstić information content (AvgIpc) is 3.34. The fraction of sp³-hybridized carbons (Fsp3) is 0.529. The molecule has 0 saturated heterocycles. The molecule has 0 radical (unpaired) electrons. The molecule has 0 aromatic heterocycles. The van der Waals surface area contributed by atoms with Crippen molar-refractivity contribution < 1.29 is 24.2 Å². The van der Waals surface area contributed by atoms with Gasteiger partial charge in [0.1, 0.15) is 6.54 Å². The molecule has 1 N–H and O–H groups in total. The van der Waals surface area contributed by atoms with E-state index in [1.807, 2.05) is 13.8 Å². The maximum atomic E-state index is 12.7. The smallest absolute Gasteiger partial charge is 0.323 e. The van der Waals surface area contributed by atoms with Crippen LogP contribution in [0.5, 0.6) is 11.5 Å². The van der Waals surface area contributed by atoms with Crippen LogP contribution in [-0.2, 0) is 4.79 Å². The first kappa shape index (κ1) is 18.4. The summed E-state index contributed by atoms with van der Waals surface area (Å²) in [7, 11) is 1.47. The van der Waals surface area contributed by atoms with Gasteiger partial charge >= 0.3 is 5.97 Å². The summed E-state index contributed by atoms with van der Waals surface area (Å²) in [5, 5.41) is 9.28. The monoisotopic (exact) mass is 355 g/mol. The minimum atomic E-state index is -1.04. The van der Waals surface area contributed by atoms with Gasteiger partial charge in [0.05, 0.1) is 18.7 Å². The summed E-state index contributed by atoms with van der Waals surface area (Å²) in [5.74, 6) is -0.341. The van der Waals surface area contributed by atoms with Crippen molar-refractivity contribution in [2.45, 2.75) is 32.7 Å². The number of ether oxygens (including phenoxy) is 2. The van der Waals surface area contributed by atoms with Crippen LogP contribution in [0.25, 0.3) is 0 Å². The average molecular weight is 356 g/mol. The van der Waals surface area contributed by atoms with Crippen molar-refractivity contribution in [1.82, 2.24) is 4.90 Å². The molecule has 1 amide bonds. The molecule has 6 nitrogen and oxygen atoms in total. The molecule has 0 aliphatic heterocycles. The lowest BCUT2D eigenvalue weighted by Crippen LogP contribution is -2.37. The molecule has 0 spiro atoms. The van der Waals surface area contributed by atoms with Gasteiger partial charge in [0.15, 0.2) is 11.5 Å². The van der Waals surface area contributed by atoms with Crippen LogP contribution >= 0.6 is 11.6 Å². The van der Waals surface area contributed by atoms with Gasteiger partial charge < -0.3 is 19.5 Å². The fourth-order valence-electron chi connectivity index (χ4n) is 2.30. The third-order valence-electron chi connectivity index (χ3n) is 3.59. The van der Waals surface area contributed by atoms with Crippen molar-refractivity contribution in [2.75, 3.05) is 20.3 Å². The van der Waals surface area contributed by atoms with E-state index in [9.17, 15) is 9.59 Å². The summed E-state index contributed by atoms with van der Waals surface area (Å²) in [6.45, 7) is 4.17. The summed E-state index contributed by atoms with van der Waals surface area (Å²) in [6.07, 6.45) is 1.64. The van der Waals surface area contributed by atoms with E-state index in [4.69, 9.17) is 26.2 Å². The van der Waals surface area contributed by atoms with Gasteiger partial charge in [-0.15, -0.1) is 0 Å². The molecule has 0 unspecified atom stereocenters. The van der Waals surface area contributed by atoms with Crippen LogP contribution < -0.4 is 9.47 Å². The van der Waals surface area contributed by atoms with Gasteiger partial charge in [-0.25, -0.2) is 0 Å². The molecular weight excluding hydrogens is 334 g/mol. The number of carboxylic acids is 1. The Kier molecular flexibility index (Phi) is 5.94. The summed E-state index contributed by atoms with van der Waals surface area (Å²) >= 11 is 6.25. The lowest BCUT2D eigenvalue weighted by molar-refractivity contribution is -0.137. The van der Waals surface area contributed by atoms with E-state index in [1.54, 1.807) is 6.07 Å². The van der Waals surface area contributed by atoms with Gasteiger partial charge in [-0.05, 0) is 30.9 Å². The number of halogens is 1. The predicted octanol–water partition coefficient (Wildman–Crippen LogP) is 3.07. The highest BCUT2D eigenvalue weighted by Crippen LogP contribution is 2.38. The van der Waals surface area contributed by atoms with Crippen molar-refractivity contribution in [3.05, 3.63) is 22.7 Å². The normalized spacial score (nSPS) is 13.7. The first-order chi connectivity index (χ1) is 11.3. The lowest BCUT2D eigenvalue weighted by atomic mass is 10.1. The Morgan fingerprint density at radius 2 is 2.04 bits per heavy atom. The molecule has 1 fully saturated rings. The Balaban J connectivity index is 2.27. The lowest BCUT2D eigenvalue weighted by Gasteiger charge is -2.21. The third-order valence-corrected chi connectivity index (χ3v) is 3.87. The first-order valence-electron chi connectivity index (χ1n) is 7.86. The van der Waals surface area contributed by atoms with Crippen LogP contribution in [0.2, 0.25) is 5.02 Å². The molecule has 0 atom stereocenters. The number of amides is 1. The highest BCUT2D eigenvalue weighted by atomic mass is 35.5. The van der Waals surface area contributed by atoms with Crippen molar-refractivity contribution in [2.24, 2.45) is 5.92 Å². The maximum Gasteiger partial charge on any atom is 0.323 e. The van der Waals surface area contributed by atoms with Crippen molar-refractivity contribution in [3.8, 4) is 11.5 Å². The molecular formula is C17H22ClNO5. The minimum Gasteiger partial charge on any atom is -0.493 e. The predicted molar refractivity (Wildman–Crippen MR) is 90.0 cm³/mol. The first-order valence-corrected chi connectivity index (χ1v) is 8.24. The number of nitrogens with zero attached hydrogens (tertiary/aromatic N) is 1. The molecule has 1 aliphatic rings. The SMILES string of the molecule is COc1cc(C(=O)N(CC(=O)O)C2CC2)cc(Cl)c1OCC(C)C. The van der Waals surface area contributed by atoms with E-state index >= 15 is 0 Å². The van der Waals surface area contributed by atoms with Gasteiger partial charge in [-0.2, -0.15) is 0 Å². The maximum absolute atomic E-state index is 12.7. The van der Waals surface area contributed by atoms with Gasteiger partial charge in [0.25, 0.3) is 5.91 Å². The zero-order valence-corrected chi connectivity index (χ0v) is 14.8. The molecule has 1 saturated carbocycles. The standard InChI is InChI=1S/C17H22ClNO5/c1-10(2)9-24-16-13(18)6-11(7-14(16)23-3)17(22)19(8-15(20)21)12-4-5-12/h6-7,10,12H,4-5,8-9H2,1-3H3,(H,20,21). The number of carbonyl (C=O) groups is 2. The van der Waals surface area contributed by atoms with Crippen LogP contribution in [-0.4, -0.2) is 48.2 Å². The number of benzene rings is 1. The summed E-state index contributed by atoms with van der Waals surface area (Å²) < 4.78 is 11.0. The molecule has 1 aromatic carbocycles. The topological polar surface area (TPSA) is 76.1 Å². The van der Waals surface area contributed by atoms with Crippen molar-refractivity contribution >= 4 is 23.5 Å². The Bertz CT molecular complexity index is 628. The number of hydrogen-bond donors (Lipinski definition) is 1. The van der Waals surface area contributed by atoms with E-state index in [-0.39, 0.29) is 23.5 Å². The second kappa shape index (κ2) is 7.75. The minimum absolute atomic E-state index is 0.0183. The Labute approximate surface area is 146 Å². The summed E-state index contributed by atoms with van der Waals surface area (Å²) in [5.41, 5.74) is 0.293. The van der Waals surface area contributed by atoms with E-state index in [0.29, 0.717) is 29.6 Å². The van der Waals surface area contributed by atoms with Crippen LogP contribution in [0.15, 0.2) is 12.1 Å². The number of aliphatic carboxylic acids is 1. The van der Waals surface area contributed by atoms with Gasteiger partial charge in [0, 0.05) is 11.6 Å². The third kappa shape index (κ3) is 4.54. The molecule has 132 valence electrons. The second-order valence-corrected chi connectivity index (χ2v) is 6.66. The van der Waals surface area contributed by atoms with E-state index < -0.39 is 5.97 Å². The molecule has 1 aromatic rings. The molecule has 7 heteroatoms. The number of carbonyl (C=O) groups excluding carboxylic acids is 1. The van der Waals surface area contributed by atoms with Crippen LogP contribution in [0, 0.1) is 5.92 Å². The Morgan fingerprint density at radius 1 is 1.38 bits per heavy atom.